The van der Waals surface area contributed by atoms with Crippen LogP contribution in [0.4, 0.5) is 0 Å². The summed E-state index contributed by atoms with van der Waals surface area (Å²) in [5.74, 6) is 0.317. The Morgan fingerprint density at radius 2 is 1.68 bits per heavy atom. The van der Waals surface area contributed by atoms with E-state index in [-0.39, 0.29) is 21.4 Å². The van der Waals surface area contributed by atoms with Crippen LogP contribution < -0.4 is 4.74 Å². The first kappa shape index (κ1) is 14.2. The topological polar surface area (TPSA) is 26.3 Å². The van der Waals surface area contributed by atoms with Crippen molar-refractivity contribution >= 4 is 40.6 Å². The van der Waals surface area contributed by atoms with E-state index in [1.807, 2.05) is 0 Å². The molecule has 5 heteroatoms. The summed E-state index contributed by atoms with van der Waals surface area (Å²) in [6, 6.07) is 9.76. The molecule has 0 fully saturated rings. The Bertz CT molecular complexity index is 615. The van der Waals surface area contributed by atoms with Gasteiger partial charge in [-0.25, -0.2) is 0 Å². The van der Waals surface area contributed by atoms with Crippen molar-refractivity contribution in [1.29, 1.82) is 0 Å². The molecule has 0 aliphatic rings. The summed E-state index contributed by atoms with van der Waals surface area (Å²) in [6.07, 6.45) is 0. The lowest BCUT2D eigenvalue weighted by Crippen LogP contribution is -2.03. The van der Waals surface area contributed by atoms with Crippen LogP contribution in [-0.4, -0.2) is 12.9 Å². The highest BCUT2D eigenvalue weighted by Crippen LogP contribution is 2.31. The van der Waals surface area contributed by atoms with Crippen LogP contribution in [0.1, 0.15) is 15.9 Å². The number of hydrogen-bond donors (Lipinski definition) is 0. The minimum atomic E-state index is -0.273. The molecule has 2 aromatic rings. The second-order valence-corrected chi connectivity index (χ2v) is 5.06. The maximum Gasteiger partial charge on any atom is 0.196 e. The quantitative estimate of drug-likeness (QED) is 0.754. The average molecular weight is 316 g/mol. The number of benzene rings is 2. The van der Waals surface area contributed by atoms with Crippen molar-refractivity contribution in [3.8, 4) is 5.75 Å². The van der Waals surface area contributed by atoms with Crippen molar-refractivity contribution in [2.45, 2.75) is 0 Å². The first-order chi connectivity index (χ1) is 9.02. The number of carbonyl (C=O) groups excluding carboxylic acids is 1. The zero-order valence-electron chi connectivity index (χ0n) is 9.91. The number of hydrogen-bond acceptors (Lipinski definition) is 2. The molecule has 0 heterocycles. The molecule has 0 radical (unpaired) electrons. The van der Waals surface area contributed by atoms with Gasteiger partial charge in [-0.15, -0.1) is 0 Å². The van der Waals surface area contributed by atoms with Crippen molar-refractivity contribution in [3.05, 3.63) is 62.6 Å². The fraction of sp³-hybridized carbons (Fsp3) is 0.0714. The number of ketones is 1. The Hall–Kier alpha value is -1.22. The van der Waals surface area contributed by atoms with Gasteiger partial charge in [0.25, 0.3) is 0 Å². The fourth-order valence-corrected chi connectivity index (χ4v) is 2.66. The molecule has 0 aliphatic heterocycles. The largest absolute Gasteiger partial charge is 0.497 e. The first-order valence-corrected chi connectivity index (χ1v) is 6.49. The van der Waals surface area contributed by atoms with Gasteiger partial charge in [0.15, 0.2) is 5.78 Å². The van der Waals surface area contributed by atoms with E-state index in [4.69, 9.17) is 39.5 Å². The molecule has 2 rings (SSSR count). The second kappa shape index (κ2) is 5.83. The van der Waals surface area contributed by atoms with Gasteiger partial charge in [0.1, 0.15) is 5.75 Å². The van der Waals surface area contributed by atoms with Gasteiger partial charge < -0.3 is 4.74 Å². The van der Waals surface area contributed by atoms with E-state index < -0.39 is 0 Å². The highest BCUT2D eigenvalue weighted by molar-refractivity contribution is 6.43. The molecular formula is C14H9Cl3O2. The monoisotopic (exact) mass is 314 g/mol. The highest BCUT2D eigenvalue weighted by Gasteiger charge is 2.18. The van der Waals surface area contributed by atoms with E-state index in [2.05, 4.69) is 0 Å². The third-order valence-corrected chi connectivity index (χ3v) is 3.38. The number of ether oxygens (including phenoxy) is 1. The van der Waals surface area contributed by atoms with Gasteiger partial charge in [-0.1, -0.05) is 46.9 Å². The normalized spacial score (nSPS) is 10.3. The molecule has 98 valence electrons. The maximum atomic E-state index is 12.4. The summed E-state index contributed by atoms with van der Waals surface area (Å²) in [5, 5.41) is 0.841. The van der Waals surface area contributed by atoms with Gasteiger partial charge in [-0.2, -0.15) is 0 Å². The van der Waals surface area contributed by atoms with E-state index in [1.165, 1.54) is 19.2 Å². The van der Waals surface area contributed by atoms with Crippen molar-refractivity contribution in [2.75, 3.05) is 7.11 Å². The van der Waals surface area contributed by atoms with Crippen LogP contribution >= 0.6 is 34.8 Å². The fourth-order valence-electron chi connectivity index (χ4n) is 1.67. The minimum absolute atomic E-state index is 0.227. The number of halogens is 3. The van der Waals surface area contributed by atoms with Gasteiger partial charge in [0.05, 0.1) is 22.7 Å². The molecule has 0 spiro atoms. The Kier molecular flexibility index (Phi) is 4.35. The molecule has 0 amide bonds. The Morgan fingerprint density at radius 1 is 1.05 bits per heavy atom. The van der Waals surface area contributed by atoms with Crippen molar-refractivity contribution in [2.24, 2.45) is 0 Å². The Balaban J connectivity index is 2.50. The van der Waals surface area contributed by atoms with E-state index in [9.17, 15) is 4.79 Å². The molecule has 0 atom stereocenters. The van der Waals surface area contributed by atoms with E-state index in [0.29, 0.717) is 16.3 Å². The summed E-state index contributed by atoms with van der Waals surface area (Å²) in [4.78, 5) is 12.4. The molecule has 0 saturated carbocycles. The third kappa shape index (κ3) is 3.03. The number of rotatable bonds is 3. The van der Waals surface area contributed by atoms with E-state index in [1.54, 1.807) is 24.3 Å². The summed E-state index contributed by atoms with van der Waals surface area (Å²) < 4.78 is 5.08. The van der Waals surface area contributed by atoms with Gasteiger partial charge in [0, 0.05) is 10.6 Å². The Labute approximate surface area is 125 Å². The van der Waals surface area contributed by atoms with Crippen LogP contribution in [-0.2, 0) is 0 Å². The lowest BCUT2D eigenvalue weighted by molar-refractivity contribution is 0.103. The number of carbonyl (C=O) groups is 1. The summed E-state index contributed by atoms with van der Waals surface area (Å²) in [7, 11) is 1.53. The molecule has 0 saturated heterocycles. The molecule has 0 aliphatic carbocycles. The van der Waals surface area contributed by atoms with Gasteiger partial charge in [-0.3, -0.25) is 4.79 Å². The molecular weight excluding hydrogens is 307 g/mol. The highest BCUT2D eigenvalue weighted by atomic mass is 35.5. The maximum absolute atomic E-state index is 12.4. The van der Waals surface area contributed by atoms with Crippen molar-refractivity contribution < 1.29 is 9.53 Å². The van der Waals surface area contributed by atoms with Crippen LogP contribution in [0.2, 0.25) is 15.1 Å². The van der Waals surface area contributed by atoms with Crippen LogP contribution in [0.3, 0.4) is 0 Å². The third-order valence-electron chi connectivity index (χ3n) is 2.57. The predicted octanol–water partition coefficient (Wildman–Crippen LogP) is 4.89. The zero-order chi connectivity index (χ0) is 14.0. The molecule has 0 bridgehead atoms. The smallest absolute Gasteiger partial charge is 0.196 e. The summed E-state index contributed by atoms with van der Waals surface area (Å²) in [5.41, 5.74) is 0.687. The minimum Gasteiger partial charge on any atom is -0.497 e. The van der Waals surface area contributed by atoms with Crippen LogP contribution in [0, 0.1) is 0 Å². The Morgan fingerprint density at radius 3 is 2.26 bits per heavy atom. The number of methoxy groups -OCH3 is 1. The second-order valence-electron chi connectivity index (χ2n) is 3.81. The molecule has 0 N–H and O–H groups in total. The van der Waals surface area contributed by atoms with E-state index in [0.717, 1.165) is 0 Å². The molecule has 19 heavy (non-hydrogen) atoms. The standard InChI is InChI=1S/C14H9Cl3O2/c1-19-10-4-2-3-8(5-10)14(18)13-11(16)6-9(15)7-12(13)17/h2-7H,1H3. The SMILES string of the molecule is COc1cccc(C(=O)c2c(Cl)cc(Cl)cc2Cl)c1. The van der Waals surface area contributed by atoms with Gasteiger partial charge in [0.2, 0.25) is 0 Å². The molecule has 0 unspecified atom stereocenters. The van der Waals surface area contributed by atoms with Gasteiger partial charge in [-0.05, 0) is 24.3 Å². The van der Waals surface area contributed by atoms with Crippen LogP contribution in [0.5, 0.6) is 5.75 Å². The average Bonchev–Trinajstić information content (AvgIpc) is 2.37. The predicted molar refractivity (Wildman–Crippen MR) is 77.9 cm³/mol. The lowest BCUT2D eigenvalue weighted by atomic mass is 10.0. The summed E-state index contributed by atoms with van der Waals surface area (Å²) >= 11 is 17.9. The van der Waals surface area contributed by atoms with Crippen molar-refractivity contribution in [3.63, 3.8) is 0 Å². The summed E-state index contributed by atoms with van der Waals surface area (Å²) in [6.45, 7) is 0. The zero-order valence-corrected chi connectivity index (χ0v) is 12.2. The lowest BCUT2D eigenvalue weighted by Gasteiger charge is -2.08. The van der Waals surface area contributed by atoms with Gasteiger partial charge >= 0.3 is 0 Å². The van der Waals surface area contributed by atoms with Crippen molar-refractivity contribution in [1.82, 2.24) is 0 Å². The first-order valence-electron chi connectivity index (χ1n) is 5.36. The molecule has 2 nitrogen and oxygen atoms in total. The van der Waals surface area contributed by atoms with Crippen LogP contribution in [0.25, 0.3) is 0 Å². The van der Waals surface area contributed by atoms with E-state index >= 15 is 0 Å². The molecule has 0 aromatic heterocycles. The van der Waals surface area contributed by atoms with Crippen LogP contribution in [0.15, 0.2) is 36.4 Å². The molecule has 2 aromatic carbocycles.